The molecule has 0 spiro atoms. The van der Waals surface area contributed by atoms with Crippen LogP contribution in [0.5, 0.6) is 0 Å². The zero-order chi connectivity index (χ0) is 40.3. The monoisotopic (exact) mass is 795 g/mol. The van der Waals surface area contributed by atoms with Crippen molar-refractivity contribution in [2.45, 2.75) is 69.9 Å². The highest BCUT2D eigenvalue weighted by Crippen LogP contribution is 2.35. The van der Waals surface area contributed by atoms with Gasteiger partial charge in [-0.25, -0.2) is 9.59 Å². The fourth-order valence-electron chi connectivity index (χ4n) is 9.21. The lowest BCUT2D eigenvalue weighted by Crippen LogP contribution is -2.43. The molecule has 4 aliphatic heterocycles. The summed E-state index contributed by atoms with van der Waals surface area (Å²) in [5.74, 6) is 3.75. The minimum absolute atomic E-state index is 0.151. The molecule has 0 aliphatic carbocycles. The van der Waals surface area contributed by atoms with E-state index in [9.17, 15) is 19.2 Å². The Balaban J connectivity index is 0.782. The Hall–Kier alpha value is -6.27. The molecule has 3 N–H and O–H groups in total. The van der Waals surface area contributed by atoms with Crippen molar-refractivity contribution in [1.29, 1.82) is 0 Å². The summed E-state index contributed by atoms with van der Waals surface area (Å²) < 4.78 is 3.91. The Morgan fingerprint density at radius 1 is 0.847 bits per heavy atom. The molecular weight excluding hydrogens is 747 g/mol. The van der Waals surface area contributed by atoms with Gasteiger partial charge in [0.15, 0.2) is 5.65 Å². The van der Waals surface area contributed by atoms with Gasteiger partial charge in [0.25, 0.3) is 11.8 Å². The maximum atomic E-state index is 13.6. The molecule has 2 aromatic carbocycles. The lowest BCUT2D eigenvalue weighted by atomic mass is 9.94. The standard InChI is InChI=1S/C44H49N11O4/c56-27-33-8-11-37(40(28-57)46-33)47-43(58)31-6-9-34(10-7-31)52-21-12-30(13-22-52)25-51-19-14-35(15-20-51)55-26-32-23-39(41(24-38(32)50-55)53-16-2-1-3-17-53)48-44(59)36-5-4-18-54-29-45-49-42(36)54/h4-7,9-10,18,23-24,26,29-30,35,37,46H,1-3,8,11-17,19-22,25H2,(H,47,58)(H,48,59)/t37-/m0/s1. The van der Waals surface area contributed by atoms with E-state index in [2.05, 4.69) is 63.9 Å². The molecule has 0 radical (unpaired) electrons. The molecule has 1 atom stereocenters. The average molecular weight is 796 g/mol. The number of piperidine rings is 4. The van der Waals surface area contributed by atoms with E-state index in [-0.39, 0.29) is 17.5 Å². The molecule has 5 aromatic rings. The summed E-state index contributed by atoms with van der Waals surface area (Å²) in [6.45, 7) is 7.02. The van der Waals surface area contributed by atoms with Gasteiger partial charge in [0.2, 0.25) is 0 Å². The molecule has 0 bridgehead atoms. The van der Waals surface area contributed by atoms with E-state index in [1.165, 1.54) is 6.42 Å². The maximum Gasteiger partial charge on any atom is 0.259 e. The van der Waals surface area contributed by atoms with Gasteiger partial charge in [-0.15, -0.1) is 10.2 Å². The van der Waals surface area contributed by atoms with E-state index in [1.807, 2.05) is 36.5 Å². The molecule has 4 saturated heterocycles. The molecular formula is C44H49N11O4. The van der Waals surface area contributed by atoms with Gasteiger partial charge in [-0.3, -0.25) is 18.7 Å². The van der Waals surface area contributed by atoms with Crippen LogP contribution < -0.4 is 25.8 Å². The molecule has 0 saturated carbocycles. The van der Waals surface area contributed by atoms with Crippen LogP contribution in [-0.2, 0) is 9.59 Å². The maximum absolute atomic E-state index is 13.6. The van der Waals surface area contributed by atoms with Crippen LogP contribution in [0.3, 0.4) is 0 Å². The number of aromatic nitrogens is 5. The van der Waals surface area contributed by atoms with Gasteiger partial charge in [0, 0.05) is 81.3 Å². The van der Waals surface area contributed by atoms with E-state index in [4.69, 9.17) is 5.10 Å². The first-order chi connectivity index (χ1) is 28.9. The predicted molar refractivity (Wildman–Crippen MR) is 225 cm³/mol. The van der Waals surface area contributed by atoms with E-state index in [0.717, 1.165) is 112 Å². The Morgan fingerprint density at radius 2 is 1.64 bits per heavy atom. The first kappa shape index (κ1) is 38.3. The van der Waals surface area contributed by atoms with Gasteiger partial charge in [-0.1, -0.05) is 0 Å². The highest BCUT2D eigenvalue weighted by Gasteiger charge is 2.28. The van der Waals surface area contributed by atoms with E-state index in [0.29, 0.717) is 47.3 Å². The highest BCUT2D eigenvalue weighted by atomic mass is 16.2. The number of allylic oxidation sites excluding steroid dienone is 1. The molecule has 4 fully saturated rings. The molecule has 3 aromatic heterocycles. The number of carbonyl (C=O) groups excluding carboxylic acids is 4. The SMILES string of the molecule is O=C=C1CC[C@H](NC(=O)c2ccc(N3CCC(CN4CCC(n5cc6cc(NC(=O)c7cccn8cnnc78)c(N7CCCCC7)cc6n5)CC4)CC3)cc2)C(=C=O)N1. The predicted octanol–water partition coefficient (Wildman–Crippen LogP) is 4.79. The summed E-state index contributed by atoms with van der Waals surface area (Å²) in [6, 6.07) is 15.3. The first-order valence-corrected chi connectivity index (χ1v) is 20.9. The Morgan fingerprint density at radius 3 is 2.41 bits per heavy atom. The molecule has 9 rings (SSSR count). The fraction of sp³-hybridized carbons (Fsp3) is 0.432. The second kappa shape index (κ2) is 16.9. The summed E-state index contributed by atoms with van der Waals surface area (Å²) in [6.07, 6.45) is 14.2. The Labute approximate surface area is 342 Å². The van der Waals surface area contributed by atoms with Gasteiger partial charge in [-0.05, 0) is 106 Å². The van der Waals surface area contributed by atoms with Crippen LogP contribution in [-0.4, -0.2) is 105 Å². The van der Waals surface area contributed by atoms with Gasteiger partial charge < -0.3 is 30.7 Å². The van der Waals surface area contributed by atoms with E-state index in [1.54, 1.807) is 28.7 Å². The van der Waals surface area contributed by atoms with Gasteiger partial charge in [-0.2, -0.15) is 5.10 Å². The number of benzene rings is 2. The quantitative estimate of drug-likeness (QED) is 0.176. The summed E-state index contributed by atoms with van der Waals surface area (Å²) in [4.78, 5) is 56.3. The lowest BCUT2D eigenvalue weighted by Gasteiger charge is -2.38. The van der Waals surface area contributed by atoms with Crippen LogP contribution in [0.25, 0.3) is 16.6 Å². The third-order valence-electron chi connectivity index (χ3n) is 12.6. The first-order valence-electron chi connectivity index (χ1n) is 20.9. The summed E-state index contributed by atoms with van der Waals surface area (Å²) in [5, 5.41) is 23.1. The number of amides is 2. The van der Waals surface area contributed by atoms with Gasteiger partial charge in [0.05, 0.1) is 34.5 Å². The van der Waals surface area contributed by atoms with Crippen LogP contribution in [0.4, 0.5) is 17.1 Å². The number of hydrogen-bond donors (Lipinski definition) is 3. The molecule has 15 heteroatoms. The van der Waals surface area contributed by atoms with Crippen LogP contribution in [0, 0.1) is 5.92 Å². The largest absolute Gasteiger partial charge is 0.372 e. The molecule has 7 heterocycles. The third kappa shape index (κ3) is 8.22. The van der Waals surface area contributed by atoms with Crippen LogP contribution in [0.2, 0.25) is 0 Å². The molecule has 15 nitrogen and oxygen atoms in total. The summed E-state index contributed by atoms with van der Waals surface area (Å²) in [5.41, 5.74) is 5.84. The van der Waals surface area contributed by atoms with E-state index >= 15 is 0 Å². The van der Waals surface area contributed by atoms with Crippen molar-refractivity contribution in [2.75, 3.05) is 60.9 Å². The van der Waals surface area contributed by atoms with Crippen LogP contribution >= 0.6 is 0 Å². The van der Waals surface area contributed by atoms with Crippen molar-refractivity contribution in [1.82, 2.24) is 39.9 Å². The number of anilines is 3. The minimum Gasteiger partial charge on any atom is -0.372 e. The van der Waals surface area contributed by atoms with Crippen molar-refractivity contribution in [3.05, 3.63) is 89.8 Å². The van der Waals surface area contributed by atoms with Crippen LogP contribution in [0.15, 0.2) is 78.6 Å². The van der Waals surface area contributed by atoms with Crippen molar-refractivity contribution in [2.24, 2.45) is 5.92 Å². The number of hydrogen-bond acceptors (Lipinski definition) is 11. The number of fused-ring (bicyclic) bond motifs is 2. The Kier molecular flexibility index (Phi) is 11.0. The fourth-order valence-corrected chi connectivity index (χ4v) is 9.21. The lowest BCUT2D eigenvalue weighted by molar-refractivity contribution is 0.0938. The normalized spacial score (nSPS) is 19.7. The number of rotatable bonds is 9. The second-order valence-corrected chi connectivity index (χ2v) is 16.3. The number of nitrogens with zero attached hydrogens (tertiary/aromatic N) is 8. The molecule has 59 heavy (non-hydrogen) atoms. The average Bonchev–Trinajstić information content (AvgIpc) is 3.94. The van der Waals surface area contributed by atoms with Crippen molar-refractivity contribution in [3.63, 3.8) is 0 Å². The van der Waals surface area contributed by atoms with Gasteiger partial charge in [0.1, 0.15) is 29.6 Å². The summed E-state index contributed by atoms with van der Waals surface area (Å²) in [7, 11) is 0. The summed E-state index contributed by atoms with van der Waals surface area (Å²) >= 11 is 0. The van der Waals surface area contributed by atoms with Gasteiger partial charge >= 0.3 is 0 Å². The molecule has 0 unspecified atom stereocenters. The van der Waals surface area contributed by atoms with Crippen molar-refractivity contribution >= 4 is 57.3 Å². The molecule has 2 amide bonds. The van der Waals surface area contributed by atoms with E-state index < -0.39 is 6.04 Å². The second-order valence-electron chi connectivity index (χ2n) is 16.3. The zero-order valence-corrected chi connectivity index (χ0v) is 33.1. The minimum atomic E-state index is -0.518. The number of nitrogens with one attached hydrogen (secondary N) is 3. The van der Waals surface area contributed by atoms with Crippen molar-refractivity contribution in [3.8, 4) is 0 Å². The smallest absolute Gasteiger partial charge is 0.259 e. The third-order valence-corrected chi connectivity index (χ3v) is 12.6. The highest BCUT2D eigenvalue weighted by molar-refractivity contribution is 6.10. The number of likely N-dealkylation sites (tertiary alicyclic amines) is 1. The number of carbonyl (C=O) groups is 2. The molecule has 304 valence electrons. The number of pyridine rings is 1. The van der Waals surface area contributed by atoms with Crippen LogP contribution in [0.1, 0.15) is 84.5 Å². The Bertz CT molecular complexity index is 2440. The zero-order valence-electron chi connectivity index (χ0n) is 33.1. The topological polar surface area (TPSA) is 162 Å². The molecule has 4 aliphatic rings. The van der Waals surface area contributed by atoms with Crippen molar-refractivity contribution < 1.29 is 19.2 Å².